The Labute approximate surface area is 134 Å². The van der Waals surface area contributed by atoms with Gasteiger partial charge in [-0.3, -0.25) is 9.59 Å². The van der Waals surface area contributed by atoms with E-state index in [0.29, 0.717) is 13.0 Å². The van der Waals surface area contributed by atoms with Gasteiger partial charge in [-0.05, 0) is 5.56 Å². The molecule has 6 heteroatoms. The number of piperidine rings is 1. The van der Waals surface area contributed by atoms with E-state index in [1.165, 1.54) is 4.90 Å². The summed E-state index contributed by atoms with van der Waals surface area (Å²) >= 11 is 0. The lowest BCUT2D eigenvalue weighted by Gasteiger charge is -2.32. The van der Waals surface area contributed by atoms with E-state index in [1.807, 2.05) is 30.3 Å². The quantitative estimate of drug-likeness (QED) is 0.856. The topological polar surface area (TPSA) is 40.6 Å². The summed E-state index contributed by atoms with van der Waals surface area (Å²) in [5, 5.41) is 0. The molecule has 0 aliphatic carbocycles. The maximum Gasteiger partial charge on any atom is 0.251 e. The standard InChI is InChI=1S/C17H20F2N2O2/c18-17(19)6-8-20(9-7-17)16(23)12-21-11-14(10-15(21)22)13-4-2-1-3-5-13/h1-5,14H,6-12H2/t14-/m0/s1. The lowest BCUT2D eigenvalue weighted by molar-refractivity contribution is -0.142. The molecule has 2 fully saturated rings. The Kier molecular flexibility index (Phi) is 4.33. The van der Waals surface area contributed by atoms with Gasteiger partial charge in [-0.15, -0.1) is 0 Å². The van der Waals surface area contributed by atoms with E-state index in [0.717, 1.165) is 5.56 Å². The first kappa shape index (κ1) is 15.9. The molecule has 0 radical (unpaired) electrons. The summed E-state index contributed by atoms with van der Waals surface area (Å²) < 4.78 is 26.3. The number of carbonyl (C=O) groups is 2. The maximum atomic E-state index is 13.1. The Morgan fingerprint density at radius 1 is 1.17 bits per heavy atom. The van der Waals surface area contributed by atoms with Gasteiger partial charge in [0.25, 0.3) is 5.92 Å². The third-order valence-corrected chi connectivity index (χ3v) is 4.66. The predicted molar refractivity (Wildman–Crippen MR) is 81.1 cm³/mol. The van der Waals surface area contributed by atoms with Crippen molar-refractivity contribution in [1.29, 1.82) is 0 Å². The Balaban J connectivity index is 1.56. The van der Waals surface area contributed by atoms with Crippen molar-refractivity contribution in [3.05, 3.63) is 35.9 Å². The van der Waals surface area contributed by atoms with Crippen LogP contribution in [-0.4, -0.2) is 53.7 Å². The molecule has 0 bridgehead atoms. The molecule has 1 aromatic rings. The molecule has 2 heterocycles. The van der Waals surface area contributed by atoms with Crippen LogP contribution in [0.15, 0.2) is 30.3 Å². The molecule has 0 unspecified atom stereocenters. The lowest BCUT2D eigenvalue weighted by atomic mass is 9.99. The molecular weight excluding hydrogens is 302 g/mol. The van der Waals surface area contributed by atoms with Gasteiger partial charge >= 0.3 is 0 Å². The number of nitrogens with zero attached hydrogens (tertiary/aromatic N) is 2. The van der Waals surface area contributed by atoms with Crippen LogP contribution in [0.25, 0.3) is 0 Å². The zero-order valence-corrected chi connectivity index (χ0v) is 12.9. The van der Waals surface area contributed by atoms with Crippen LogP contribution in [0.3, 0.4) is 0 Å². The highest BCUT2D eigenvalue weighted by atomic mass is 19.3. The smallest absolute Gasteiger partial charge is 0.251 e. The van der Waals surface area contributed by atoms with E-state index >= 15 is 0 Å². The fraction of sp³-hybridized carbons (Fsp3) is 0.529. The van der Waals surface area contributed by atoms with Gasteiger partial charge in [-0.25, -0.2) is 8.78 Å². The number of hydrogen-bond donors (Lipinski definition) is 0. The van der Waals surface area contributed by atoms with Crippen molar-refractivity contribution in [2.24, 2.45) is 0 Å². The summed E-state index contributed by atoms with van der Waals surface area (Å²) in [5.74, 6) is -2.85. The van der Waals surface area contributed by atoms with Gasteiger partial charge in [-0.1, -0.05) is 30.3 Å². The van der Waals surface area contributed by atoms with Gasteiger partial charge in [0.2, 0.25) is 11.8 Å². The van der Waals surface area contributed by atoms with E-state index in [4.69, 9.17) is 0 Å². The van der Waals surface area contributed by atoms with E-state index in [2.05, 4.69) is 0 Å². The van der Waals surface area contributed by atoms with Gasteiger partial charge in [0, 0.05) is 44.8 Å². The maximum absolute atomic E-state index is 13.1. The molecule has 2 saturated heterocycles. The average molecular weight is 322 g/mol. The van der Waals surface area contributed by atoms with Gasteiger partial charge in [0.05, 0.1) is 6.54 Å². The van der Waals surface area contributed by atoms with Crippen molar-refractivity contribution in [2.45, 2.75) is 31.1 Å². The molecule has 2 amide bonds. The van der Waals surface area contributed by atoms with E-state index in [1.54, 1.807) is 4.90 Å². The van der Waals surface area contributed by atoms with Crippen LogP contribution in [0.2, 0.25) is 0 Å². The Bertz CT molecular complexity index is 582. The van der Waals surface area contributed by atoms with Gasteiger partial charge in [0.15, 0.2) is 0 Å². The minimum absolute atomic E-state index is 0.00621. The number of carbonyl (C=O) groups excluding carboxylic acids is 2. The van der Waals surface area contributed by atoms with Gasteiger partial charge < -0.3 is 9.80 Å². The summed E-state index contributed by atoms with van der Waals surface area (Å²) in [5.41, 5.74) is 1.09. The normalized spacial score (nSPS) is 24.1. The summed E-state index contributed by atoms with van der Waals surface area (Å²) in [6.07, 6.45) is -0.186. The molecule has 23 heavy (non-hydrogen) atoms. The molecular formula is C17H20F2N2O2. The second kappa shape index (κ2) is 6.26. The molecule has 124 valence electrons. The van der Waals surface area contributed by atoms with Crippen LogP contribution in [0.5, 0.6) is 0 Å². The van der Waals surface area contributed by atoms with Crippen LogP contribution >= 0.6 is 0 Å². The first-order chi connectivity index (χ1) is 10.9. The molecule has 4 nitrogen and oxygen atoms in total. The lowest BCUT2D eigenvalue weighted by Crippen LogP contribution is -2.47. The second-order valence-electron chi connectivity index (χ2n) is 6.32. The Morgan fingerprint density at radius 3 is 2.48 bits per heavy atom. The summed E-state index contributed by atoms with van der Waals surface area (Å²) in [6, 6.07) is 9.75. The molecule has 2 aliphatic heterocycles. The van der Waals surface area contributed by atoms with Crippen molar-refractivity contribution < 1.29 is 18.4 Å². The van der Waals surface area contributed by atoms with Crippen molar-refractivity contribution in [3.8, 4) is 0 Å². The molecule has 0 aromatic heterocycles. The van der Waals surface area contributed by atoms with Crippen molar-refractivity contribution in [3.63, 3.8) is 0 Å². The zero-order valence-electron chi connectivity index (χ0n) is 12.9. The van der Waals surface area contributed by atoms with Crippen molar-refractivity contribution in [1.82, 2.24) is 9.80 Å². The highest BCUT2D eigenvalue weighted by Gasteiger charge is 2.37. The summed E-state index contributed by atoms with van der Waals surface area (Å²) in [4.78, 5) is 27.3. The third kappa shape index (κ3) is 3.68. The largest absolute Gasteiger partial charge is 0.341 e. The minimum atomic E-state index is -2.67. The van der Waals surface area contributed by atoms with Crippen molar-refractivity contribution >= 4 is 11.8 Å². The summed E-state index contributed by atoms with van der Waals surface area (Å²) in [6.45, 7) is 0.637. The summed E-state index contributed by atoms with van der Waals surface area (Å²) in [7, 11) is 0. The number of likely N-dealkylation sites (tertiary alicyclic amines) is 2. The van der Waals surface area contributed by atoms with Crippen LogP contribution in [0.1, 0.15) is 30.7 Å². The fourth-order valence-corrected chi connectivity index (χ4v) is 3.22. The van der Waals surface area contributed by atoms with Crippen molar-refractivity contribution in [2.75, 3.05) is 26.2 Å². The molecule has 0 spiro atoms. The third-order valence-electron chi connectivity index (χ3n) is 4.66. The first-order valence-corrected chi connectivity index (χ1v) is 7.93. The highest BCUT2D eigenvalue weighted by Crippen LogP contribution is 2.29. The van der Waals surface area contributed by atoms with Crippen LogP contribution in [-0.2, 0) is 9.59 Å². The number of amides is 2. The molecule has 0 saturated carbocycles. The zero-order chi connectivity index (χ0) is 16.4. The van der Waals surface area contributed by atoms with E-state index in [9.17, 15) is 18.4 Å². The molecule has 3 rings (SSSR count). The SMILES string of the molecule is O=C(CN1C[C@@H](c2ccccc2)CC1=O)N1CCC(F)(F)CC1. The monoisotopic (exact) mass is 322 g/mol. The molecule has 0 N–H and O–H groups in total. The molecule has 1 aromatic carbocycles. The number of alkyl halides is 2. The van der Waals surface area contributed by atoms with Gasteiger partial charge in [-0.2, -0.15) is 0 Å². The minimum Gasteiger partial charge on any atom is -0.341 e. The van der Waals surface area contributed by atoms with E-state index < -0.39 is 5.92 Å². The van der Waals surface area contributed by atoms with Crippen LogP contribution < -0.4 is 0 Å². The van der Waals surface area contributed by atoms with Gasteiger partial charge in [0.1, 0.15) is 0 Å². The van der Waals surface area contributed by atoms with Crippen LogP contribution in [0, 0.1) is 0 Å². The fourth-order valence-electron chi connectivity index (χ4n) is 3.22. The molecule has 1 atom stereocenters. The van der Waals surface area contributed by atoms with E-state index in [-0.39, 0.29) is 50.2 Å². The van der Waals surface area contributed by atoms with Crippen LogP contribution in [0.4, 0.5) is 8.78 Å². The Morgan fingerprint density at radius 2 is 1.83 bits per heavy atom. The second-order valence-corrected chi connectivity index (χ2v) is 6.32. The first-order valence-electron chi connectivity index (χ1n) is 7.93. The number of halogens is 2. The average Bonchev–Trinajstić information content (AvgIpc) is 2.89. The predicted octanol–water partition coefficient (Wildman–Crippen LogP) is 2.26. The number of benzene rings is 1. The number of hydrogen-bond acceptors (Lipinski definition) is 2. The Hall–Kier alpha value is -1.98. The number of rotatable bonds is 3. The highest BCUT2D eigenvalue weighted by molar-refractivity contribution is 5.86. The molecule has 2 aliphatic rings.